The van der Waals surface area contributed by atoms with E-state index in [4.69, 9.17) is 4.74 Å². The molecule has 8 nitrogen and oxygen atoms in total. The molecule has 1 unspecified atom stereocenters. The second-order valence-electron chi connectivity index (χ2n) is 10.6. The van der Waals surface area contributed by atoms with Crippen LogP contribution in [0.3, 0.4) is 0 Å². The van der Waals surface area contributed by atoms with Gasteiger partial charge in [0, 0.05) is 42.1 Å². The molecule has 3 amide bonds. The maximum atomic E-state index is 13.9. The summed E-state index contributed by atoms with van der Waals surface area (Å²) in [6, 6.07) is 5.46. The third-order valence-corrected chi connectivity index (χ3v) is 7.90. The molecule has 0 spiro atoms. The standard InChI is InChI=1S/C28H36N4O4/c1-6-36-20-10-11-23-21(15-20)22-16-28(4)26(34)31(13-12-30(5)17(2)3)27(35)32(28)25(24(22)29-23)18-8-7-9-19(33)14-18/h7-8,10-11,14-15,17,19,25,29,33H,6,9,12-13,16H2,1-5H3/t19?,25-,28+/m1/s1. The van der Waals surface area contributed by atoms with Crippen LogP contribution in [0.1, 0.15) is 51.4 Å². The van der Waals surface area contributed by atoms with Crippen molar-refractivity contribution in [2.45, 2.75) is 64.3 Å². The molecule has 1 saturated heterocycles. The Kier molecular flexibility index (Phi) is 6.21. The second-order valence-corrected chi connectivity index (χ2v) is 10.6. The Bertz CT molecular complexity index is 1260. The van der Waals surface area contributed by atoms with Crippen LogP contribution < -0.4 is 4.74 Å². The summed E-state index contributed by atoms with van der Waals surface area (Å²) in [5.41, 5.74) is 2.64. The number of nitrogens with one attached hydrogen (secondary N) is 1. The van der Waals surface area contributed by atoms with Gasteiger partial charge in [-0.1, -0.05) is 18.2 Å². The first-order valence-electron chi connectivity index (χ1n) is 12.8. The monoisotopic (exact) mass is 492 g/mol. The number of ether oxygens (including phenoxy) is 1. The van der Waals surface area contributed by atoms with E-state index < -0.39 is 17.7 Å². The van der Waals surface area contributed by atoms with Gasteiger partial charge in [0.25, 0.3) is 5.91 Å². The molecule has 2 aromatic rings. The van der Waals surface area contributed by atoms with E-state index in [0.29, 0.717) is 38.6 Å². The van der Waals surface area contributed by atoms with Gasteiger partial charge in [-0.15, -0.1) is 0 Å². The minimum atomic E-state index is -1.03. The Hall–Kier alpha value is -3.10. The van der Waals surface area contributed by atoms with Crippen molar-refractivity contribution in [1.82, 2.24) is 19.7 Å². The Morgan fingerprint density at radius 2 is 2.08 bits per heavy atom. The van der Waals surface area contributed by atoms with Gasteiger partial charge in [0.1, 0.15) is 17.3 Å². The number of imide groups is 1. The number of likely N-dealkylation sites (N-methyl/N-ethyl adjacent to an activating group) is 1. The number of aliphatic hydroxyl groups is 1. The first-order valence-corrected chi connectivity index (χ1v) is 12.8. The van der Waals surface area contributed by atoms with E-state index >= 15 is 0 Å². The highest BCUT2D eigenvalue weighted by molar-refractivity contribution is 6.08. The lowest BCUT2D eigenvalue weighted by Gasteiger charge is -2.43. The highest BCUT2D eigenvalue weighted by Crippen LogP contribution is 2.49. The topological polar surface area (TPSA) is 89.1 Å². The average molecular weight is 493 g/mol. The number of amides is 3. The number of nitrogens with zero attached hydrogens (tertiary/aromatic N) is 3. The first-order chi connectivity index (χ1) is 17.2. The van der Waals surface area contributed by atoms with Crippen molar-refractivity contribution < 1.29 is 19.4 Å². The molecule has 1 aromatic carbocycles. The number of carbonyl (C=O) groups is 2. The molecule has 1 aliphatic carbocycles. The van der Waals surface area contributed by atoms with Crippen molar-refractivity contribution in [3.8, 4) is 5.75 Å². The van der Waals surface area contributed by atoms with Gasteiger partial charge >= 0.3 is 6.03 Å². The molecule has 0 radical (unpaired) electrons. The van der Waals surface area contributed by atoms with Crippen molar-refractivity contribution in [2.24, 2.45) is 0 Å². The highest BCUT2D eigenvalue weighted by Gasteiger charge is 2.60. The van der Waals surface area contributed by atoms with E-state index in [2.05, 4.69) is 23.7 Å². The summed E-state index contributed by atoms with van der Waals surface area (Å²) in [5, 5.41) is 11.4. The van der Waals surface area contributed by atoms with Crippen LogP contribution in [0.5, 0.6) is 5.75 Å². The predicted molar refractivity (Wildman–Crippen MR) is 139 cm³/mol. The van der Waals surface area contributed by atoms with E-state index in [-0.39, 0.29) is 11.9 Å². The molecule has 3 atom stereocenters. The van der Waals surface area contributed by atoms with Gasteiger partial charge < -0.3 is 19.7 Å². The van der Waals surface area contributed by atoms with Crippen LogP contribution in [0.2, 0.25) is 0 Å². The first kappa shape index (κ1) is 24.6. The molecule has 3 aliphatic rings. The largest absolute Gasteiger partial charge is 0.494 e. The summed E-state index contributed by atoms with van der Waals surface area (Å²) in [6.07, 6.45) is 6.03. The van der Waals surface area contributed by atoms with Gasteiger partial charge in [0.15, 0.2) is 0 Å². The Morgan fingerprint density at radius 3 is 2.78 bits per heavy atom. The molecule has 1 aromatic heterocycles. The van der Waals surface area contributed by atoms with Crippen molar-refractivity contribution >= 4 is 22.8 Å². The van der Waals surface area contributed by atoms with Gasteiger partial charge in [-0.2, -0.15) is 0 Å². The van der Waals surface area contributed by atoms with Crippen LogP contribution in [0.25, 0.3) is 10.9 Å². The van der Waals surface area contributed by atoms with Gasteiger partial charge in [0.05, 0.1) is 12.7 Å². The molecule has 2 N–H and O–H groups in total. The van der Waals surface area contributed by atoms with Crippen molar-refractivity contribution in [3.05, 3.63) is 53.3 Å². The summed E-state index contributed by atoms with van der Waals surface area (Å²) in [4.78, 5) is 36.6. The summed E-state index contributed by atoms with van der Waals surface area (Å²) < 4.78 is 5.76. The van der Waals surface area contributed by atoms with Crippen LogP contribution in [0.4, 0.5) is 4.79 Å². The molecule has 2 aliphatic heterocycles. The average Bonchev–Trinajstić information content (AvgIpc) is 3.28. The number of aromatic amines is 1. The number of hydrogen-bond acceptors (Lipinski definition) is 5. The van der Waals surface area contributed by atoms with Gasteiger partial charge in [-0.05, 0) is 70.5 Å². The Balaban J connectivity index is 1.63. The molecule has 5 rings (SSSR count). The van der Waals surface area contributed by atoms with Crippen LogP contribution in [0.15, 0.2) is 42.0 Å². The van der Waals surface area contributed by atoms with Crippen LogP contribution in [0, 0.1) is 0 Å². The zero-order valence-corrected chi connectivity index (χ0v) is 21.7. The molecule has 0 saturated carbocycles. The Morgan fingerprint density at radius 1 is 1.31 bits per heavy atom. The fraction of sp³-hybridized carbons (Fsp3) is 0.500. The minimum absolute atomic E-state index is 0.170. The lowest BCUT2D eigenvalue weighted by atomic mass is 9.80. The smallest absolute Gasteiger partial charge is 0.328 e. The maximum Gasteiger partial charge on any atom is 0.328 e. The number of aromatic nitrogens is 1. The van der Waals surface area contributed by atoms with E-state index in [1.165, 1.54) is 4.90 Å². The molecular formula is C28H36N4O4. The van der Waals surface area contributed by atoms with Crippen LogP contribution in [-0.4, -0.2) is 81.2 Å². The normalized spacial score (nSPS) is 25.7. The molecule has 0 bridgehead atoms. The fourth-order valence-electron chi connectivity index (χ4n) is 5.68. The van der Waals surface area contributed by atoms with E-state index in [9.17, 15) is 14.7 Å². The molecule has 36 heavy (non-hydrogen) atoms. The zero-order valence-electron chi connectivity index (χ0n) is 21.7. The summed E-state index contributed by atoms with van der Waals surface area (Å²) in [6.45, 7) is 9.53. The summed E-state index contributed by atoms with van der Waals surface area (Å²) in [5.74, 6) is 0.604. The molecule has 3 heterocycles. The number of benzene rings is 1. The molecule has 1 fully saturated rings. The maximum absolute atomic E-state index is 13.9. The van der Waals surface area contributed by atoms with Crippen molar-refractivity contribution in [1.29, 1.82) is 0 Å². The quantitative estimate of drug-likeness (QED) is 0.575. The lowest BCUT2D eigenvalue weighted by Crippen LogP contribution is -2.53. The van der Waals surface area contributed by atoms with Crippen molar-refractivity contribution in [2.75, 3.05) is 26.7 Å². The number of rotatable bonds is 7. The van der Waals surface area contributed by atoms with Gasteiger partial charge in [0.2, 0.25) is 0 Å². The van der Waals surface area contributed by atoms with E-state index in [0.717, 1.165) is 33.5 Å². The van der Waals surface area contributed by atoms with E-state index in [1.54, 1.807) is 4.90 Å². The van der Waals surface area contributed by atoms with Gasteiger partial charge in [-0.25, -0.2) is 4.79 Å². The number of fused-ring (bicyclic) bond motifs is 4. The van der Waals surface area contributed by atoms with E-state index in [1.807, 2.05) is 57.3 Å². The minimum Gasteiger partial charge on any atom is -0.494 e. The number of H-pyrrole nitrogens is 1. The predicted octanol–water partition coefficient (Wildman–Crippen LogP) is 3.77. The number of carbonyl (C=O) groups excluding carboxylic acids is 2. The third-order valence-electron chi connectivity index (χ3n) is 7.90. The number of aliphatic hydroxyl groups excluding tert-OH is 1. The third kappa shape index (κ3) is 3.83. The summed E-state index contributed by atoms with van der Waals surface area (Å²) in [7, 11) is 2.00. The Labute approximate surface area is 212 Å². The highest BCUT2D eigenvalue weighted by atomic mass is 16.5. The number of hydrogen-bond donors (Lipinski definition) is 2. The van der Waals surface area contributed by atoms with Crippen LogP contribution >= 0.6 is 0 Å². The van der Waals surface area contributed by atoms with Gasteiger partial charge in [-0.3, -0.25) is 14.6 Å². The van der Waals surface area contributed by atoms with Crippen molar-refractivity contribution in [3.63, 3.8) is 0 Å². The second kappa shape index (κ2) is 9.09. The molecule has 8 heteroatoms. The zero-order chi connectivity index (χ0) is 25.8. The lowest BCUT2D eigenvalue weighted by molar-refractivity contribution is -0.133. The summed E-state index contributed by atoms with van der Waals surface area (Å²) >= 11 is 0. The number of urea groups is 1. The SMILES string of the molecule is CCOc1ccc2[nH]c3c(c2c1)C[C@@]1(C)C(=O)N(CCN(C)C(C)C)C(=O)N1[C@@H]3C1=CC(O)CC=C1. The van der Waals surface area contributed by atoms with Crippen LogP contribution in [-0.2, 0) is 11.2 Å². The molecular weight excluding hydrogens is 456 g/mol. The molecule has 192 valence electrons. The fourth-order valence-corrected chi connectivity index (χ4v) is 5.68.